The first-order chi connectivity index (χ1) is 54.0. The van der Waals surface area contributed by atoms with Crippen molar-refractivity contribution in [1.29, 1.82) is 0 Å². The first-order valence-corrected chi connectivity index (χ1v) is 40.7. The Morgan fingerprint density at radius 3 is 1.20 bits per heavy atom. The van der Waals surface area contributed by atoms with Crippen LogP contribution in [0, 0.1) is 0 Å². The summed E-state index contributed by atoms with van der Waals surface area (Å²) in [4.78, 5) is 2.41. The minimum Gasteiger partial charge on any atom is -0.455 e. The molecule has 2 aliphatic carbocycles. The summed E-state index contributed by atoms with van der Waals surface area (Å²) in [5.74, 6) is 0. The maximum absolute atomic E-state index is 6.74. The van der Waals surface area contributed by atoms with E-state index in [1.807, 2.05) is 36.4 Å². The van der Waals surface area contributed by atoms with E-state index in [4.69, 9.17) is 8.83 Å². The normalized spacial score (nSPS) is 13.7. The topological polar surface area (TPSA) is 51.4 Å². The van der Waals surface area contributed by atoms with Gasteiger partial charge in [-0.05, 0) is 226 Å². The Kier molecular flexibility index (Phi) is 17.3. The largest absolute Gasteiger partial charge is 0.455 e. The molecule has 0 saturated carbocycles. The molecular formula is C106H97BrN4O2. The molecule has 0 aliphatic heterocycles. The highest BCUT2D eigenvalue weighted by Gasteiger charge is 2.38. The zero-order valence-electron chi connectivity index (χ0n) is 67.7. The molecule has 14 aromatic carbocycles. The quantitative estimate of drug-likeness (QED) is 0.173. The van der Waals surface area contributed by atoms with Crippen LogP contribution in [0.4, 0.5) is 28.4 Å². The first kappa shape index (κ1) is 72.9. The number of anilines is 5. The molecular weight excluding hydrogens is 1440 g/mol. The number of hydrogen-bond acceptors (Lipinski definition) is 4. The second-order valence-electron chi connectivity index (χ2n) is 36.4. The molecule has 1 N–H and O–H groups in total. The van der Waals surface area contributed by atoms with E-state index in [1.54, 1.807) is 0 Å². The summed E-state index contributed by atoms with van der Waals surface area (Å²) in [6.45, 7) is 37.1. The fourth-order valence-corrected chi connectivity index (χ4v) is 18.2. The number of halogens is 1. The van der Waals surface area contributed by atoms with Gasteiger partial charge in [0.2, 0.25) is 0 Å². The van der Waals surface area contributed by atoms with E-state index in [0.29, 0.717) is 0 Å². The van der Waals surface area contributed by atoms with Gasteiger partial charge in [0.15, 0.2) is 5.58 Å². The van der Waals surface area contributed by atoms with Gasteiger partial charge in [0.25, 0.3) is 0 Å². The molecule has 0 spiro atoms. The van der Waals surface area contributed by atoms with E-state index < -0.39 is 0 Å². The summed E-state index contributed by atoms with van der Waals surface area (Å²) in [5, 5.41) is 13.3. The third-order valence-electron chi connectivity index (χ3n) is 24.1. The van der Waals surface area contributed by atoms with Crippen LogP contribution in [-0.4, -0.2) is 9.13 Å². The highest BCUT2D eigenvalue weighted by molar-refractivity contribution is 9.10. The van der Waals surface area contributed by atoms with Crippen molar-refractivity contribution in [3.63, 3.8) is 0 Å². The second kappa shape index (κ2) is 26.8. The fourth-order valence-electron chi connectivity index (χ4n) is 17.7. The summed E-state index contributed by atoms with van der Waals surface area (Å²) in [6, 6.07) is 107. The maximum Gasteiger partial charge on any atom is 0.159 e. The van der Waals surface area contributed by atoms with Crippen LogP contribution in [-0.2, 0) is 32.5 Å². The van der Waals surface area contributed by atoms with Crippen molar-refractivity contribution in [1.82, 2.24) is 9.13 Å². The van der Waals surface area contributed by atoms with Crippen LogP contribution in [0.15, 0.2) is 304 Å². The summed E-state index contributed by atoms with van der Waals surface area (Å²) < 4.78 is 18.4. The Labute approximate surface area is 672 Å². The van der Waals surface area contributed by atoms with E-state index in [0.717, 1.165) is 71.4 Å². The molecule has 0 radical (unpaired) electrons. The minimum absolute atomic E-state index is 0.00586. The first-order valence-electron chi connectivity index (χ1n) is 39.9. The van der Waals surface area contributed by atoms with Crippen LogP contribution in [0.5, 0.6) is 0 Å². The van der Waals surface area contributed by atoms with Crippen molar-refractivity contribution in [2.75, 3.05) is 10.2 Å². The molecule has 560 valence electrons. The molecule has 6 nitrogen and oxygen atoms in total. The summed E-state index contributed by atoms with van der Waals surface area (Å²) >= 11 is 3.48. The molecule has 7 heteroatoms. The molecule has 113 heavy (non-hydrogen) atoms. The Morgan fingerprint density at radius 1 is 0.301 bits per heavy atom. The van der Waals surface area contributed by atoms with Gasteiger partial charge in [-0.3, -0.25) is 0 Å². The van der Waals surface area contributed by atoms with Crippen molar-refractivity contribution < 1.29 is 8.83 Å². The third-order valence-corrected chi connectivity index (χ3v) is 24.7. The number of furan rings is 2. The van der Waals surface area contributed by atoms with Crippen molar-refractivity contribution >= 4 is 132 Å². The summed E-state index contributed by atoms with van der Waals surface area (Å²) in [5.41, 5.74) is 32.5. The lowest BCUT2D eigenvalue weighted by atomic mass is 9.80. The maximum atomic E-state index is 6.74. The smallest absolute Gasteiger partial charge is 0.159 e. The summed E-state index contributed by atoms with van der Waals surface area (Å²) in [6.07, 6.45) is 0. The monoisotopic (exact) mass is 1540 g/mol. The van der Waals surface area contributed by atoms with Crippen LogP contribution >= 0.6 is 15.9 Å². The van der Waals surface area contributed by atoms with E-state index in [-0.39, 0.29) is 32.5 Å². The summed E-state index contributed by atoms with van der Waals surface area (Å²) in [7, 11) is 0. The molecule has 0 unspecified atom stereocenters. The van der Waals surface area contributed by atoms with Gasteiger partial charge >= 0.3 is 0 Å². The number of nitrogens with zero attached hydrogens (tertiary/aromatic N) is 3. The van der Waals surface area contributed by atoms with Gasteiger partial charge in [-0.15, -0.1) is 0 Å². The average Bonchev–Trinajstić information content (AvgIpc) is 1.58. The van der Waals surface area contributed by atoms with Gasteiger partial charge < -0.3 is 28.2 Å². The molecule has 0 amide bonds. The Morgan fingerprint density at radius 2 is 0.673 bits per heavy atom. The third kappa shape index (κ3) is 12.5. The zero-order valence-corrected chi connectivity index (χ0v) is 69.3. The zero-order chi connectivity index (χ0) is 78.6. The van der Waals surface area contributed by atoms with E-state index in [2.05, 4.69) is 401 Å². The lowest BCUT2D eigenvalue weighted by Gasteiger charge is -2.28. The molecule has 2 aliphatic rings. The highest BCUT2D eigenvalue weighted by atomic mass is 79.9. The van der Waals surface area contributed by atoms with E-state index >= 15 is 0 Å². The number of benzene rings is 14. The van der Waals surface area contributed by atoms with Gasteiger partial charge in [0.1, 0.15) is 16.7 Å². The molecule has 0 saturated heterocycles. The fraction of sp³-hybridized carbons (Fsp3) is 0.208. The van der Waals surface area contributed by atoms with E-state index in [9.17, 15) is 0 Å². The van der Waals surface area contributed by atoms with E-state index in [1.165, 1.54) is 127 Å². The molecule has 20 rings (SSSR count). The van der Waals surface area contributed by atoms with Crippen LogP contribution in [0.2, 0.25) is 0 Å². The van der Waals surface area contributed by atoms with Crippen LogP contribution < -0.4 is 10.2 Å². The van der Waals surface area contributed by atoms with Crippen LogP contribution in [0.1, 0.15) is 155 Å². The Balaban J connectivity index is 0.000000137. The predicted octanol–water partition coefficient (Wildman–Crippen LogP) is 30.8. The highest BCUT2D eigenvalue weighted by Crippen LogP contribution is 2.54. The van der Waals surface area contributed by atoms with Crippen LogP contribution in [0.25, 0.3) is 121 Å². The van der Waals surface area contributed by atoms with Crippen molar-refractivity contribution in [2.24, 2.45) is 0 Å². The molecule has 4 aromatic heterocycles. The molecule has 4 heterocycles. The van der Waals surface area contributed by atoms with Crippen LogP contribution in [0.3, 0.4) is 0 Å². The predicted molar refractivity (Wildman–Crippen MR) is 485 cm³/mol. The van der Waals surface area contributed by atoms with Gasteiger partial charge in [-0.25, -0.2) is 0 Å². The van der Waals surface area contributed by atoms with Gasteiger partial charge in [-0.1, -0.05) is 281 Å². The lowest BCUT2D eigenvalue weighted by Crippen LogP contribution is -2.17. The van der Waals surface area contributed by atoms with Crippen molar-refractivity contribution in [2.45, 2.75) is 143 Å². The van der Waals surface area contributed by atoms with Gasteiger partial charge in [0.05, 0.1) is 32.2 Å². The Hall–Kier alpha value is -11.6. The Bertz CT molecular complexity index is 6790. The average molecular weight is 1540 g/mol. The van der Waals surface area contributed by atoms with Crippen molar-refractivity contribution in [3.05, 3.63) is 340 Å². The van der Waals surface area contributed by atoms with Crippen molar-refractivity contribution in [3.8, 4) is 33.6 Å². The number of aromatic nitrogens is 2. The lowest BCUT2D eigenvalue weighted by molar-refractivity contribution is 0.567. The number of rotatable bonds is 7. The number of nitrogens with one attached hydrogen (secondary N) is 1. The molecule has 0 bridgehead atoms. The minimum atomic E-state index is -0.135. The molecule has 0 fully saturated rings. The standard InChI is InChI=1S/C53H48N2O.C41H42N2.C12H7BrO/c1-51(2,3)33-28-34(52(4,5)6)30-37(29-33)55-46-21-13-10-17-40(46)43-31-35(25-27-47(43)55)54(48-22-15-19-42-41-18-11-14-23-49(41)56-50(42)48)36-24-26-39-38-16-9-12-20-44(38)53(7,8)45(39)32-36;1-39(2,3)26-21-27(40(4,5)6)23-30(22-26)43-37-16-12-10-14-33(37)34-24-28(18-20-38(34)43)42-29-17-19-32-31-13-9-11-15-35(31)41(7,8)36(32)25-29;13-10-6-3-5-9-8-4-1-2-7-11(8)14-12(9)10/h9-32H,1-8H3;9-25,42H,1-8H3;1-7H. The second-order valence-corrected chi connectivity index (χ2v) is 37.3. The SMILES string of the molecule is Brc1cccc2c1oc1ccccc12.CC(C)(C)c1cc(-n2c3ccccc3c3cc(N(c4ccc5c(c4)C(C)(C)c4ccccc4-5)c4cccc5c4oc4ccccc45)ccc32)cc(C(C)(C)C)c1.CC(C)(C)c1cc(-n2c3ccccc3c3cc(Nc4ccc5c(c4)C(C)(C)c4ccccc4-5)ccc32)cc(C(C)(C)C)c1. The number of hydrogen-bond donors (Lipinski definition) is 1. The van der Waals surface area contributed by atoms with Gasteiger partial charge in [0, 0.05) is 88.0 Å². The van der Waals surface area contributed by atoms with Gasteiger partial charge in [-0.2, -0.15) is 0 Å². The molecule has 0 atom stereocenters. The number of fused-ring (bicyclic) bond motifs is 18. The number of para-hydroxylation sites is 6. The molecule has 18 aromatic rings.